The molecule has 0 aliphatic rings. The van der Waals surface area contributed by atoms with Gasteiger partial charge in [-0.3, -0.25) is 0 Å². The van der Waals surface area contributed by atoms with Gasteiger partial charge in [0.15, 0.2) is 0 Å². The number of rotatable bonds is 8. The third kappa shape index (κ3) is 6.29. The number of fused-ring (bicyclic) bond motifs is 6. The maximum Gasteiger partial charge on any atom is 0.135 e. The van der Waals surface area contributed by atoms with E-state index in [2.05, 4.69) is 240 Å². The molecule has 0 fully saturated rings. The van der Waals surface area contributed by atoms with Crippen molar-refractivity contribution in [3.8, 4) is 50.2 Å². The molecule has 3 heteroatoms. The lowest BCUT2D eigenvalue weighted by molar-refractivity contribution is 0.669. The van der Waals surface area contributed by atoms with Gasteiger partial charge in [0, 0.05) is 44.2 Å². The average Bonchev–Trinajstić information content (AvgIpc) is 3.90. The number of hydrogen-bond donors (Lipinski definition) is 0. The van der Waals surface area contributed by atoms with Gasteiger partial charge in [0.05, 0.1) is 16.7 Å². The second-order valence-corrected chi connectivity index (χ2v) is 16.1. The third-order valence-electron chi connectivity index (χ3n) is 12.4. The molecule has 63 heavy (non-hydrogen) atoms. The first-order chi connectivity index (χ1) is 31.3. The molecule has 0 saturated heterocycles. The number of aromatic nitrogens is 1. The van der Waals surface area contributed by atoms with Crippen LogP contribution in [-0.4, -0.2) is 4.57 Å². The highest BCUT2D eigenvalue weighted by Gasteiger charge is 2.24. The molecule has 0 radical (unpaired) electrons. The molecule has 0 N–H and O–H groups in total. The van der Waals surface area contributed by atoms with Gasteiger partial charge in [-0.05, 0) is 112 Å². The molecule has 0 unspecified atom stereocenters. The minimum absolute atomic E-state index is 0.865. The van der Waals surface area contributed by atoms with E-state index in [1.807, 2.05) is 12.1 Å². The maximum atomic E-state index is 6.39. The molecule has 296 valence electrons. The van der Waals surface area contributed by atoms with Gasteiger partial charge < -0.3 is 13.9 Å². The Labute approximate surface area is 366 Å². The van der Waals surface area contributed by atoms with Crippen molar-refractivity contribution in [3.63, 3.8) is 0 Å². The summed E-state index contributed by atoms with van der Waals surface area (Å²) in [5, 5.41) is 4.63. The van der Waals surface area contributed by atoms with Crippen molar-refractivity contribution in [2.24, 2.45) is 0 Å². The van der Waals surface area contributed by atoms with Crippen LogP contribution in [0.4, 0.5) is 17.1 Å². The summed E-state index contributed by atoms with van der Waals surface area (Å²) in [5.74, 6) is 0. The van der Waals surface area contributed by atoms with Gasteiger partial charge in [0.25, 0.3) is 0 Å². The molecule has 12 aromatic rings. The Bertz CT molecular complexity index is 3620. The molecule has 3 nitrogen and oxygen atoms in total. The molecule has 2 aromatic heterocycles. The van der Waals surface area contributed by atoms with Gasteiger partial charge in [-0.15, -0.1) is 0 Å². The highest BCUT2D eigenvalue weighted by atomic mass is 16.3. The van der Waals surface area contributed by atoms with Gasteiger partial charge in [-0.2, -0.15) is 0 Å². The first kappa shape index (κ1) is 36.5. The van der Waals surface area contributed by atoms with E-state index < -0.39 is 0 Å². The predicted octanol–water partition coefficient (Wildman–Crippen LogP) is 16.8. The monoisotopic (exact) mass is 804 g/mol. The van der Waals surface area contributed by atoms with Crippen molar-refractivity contribution >= 4 is 60.8 Å². The molecule has 0 amide bonds. The van der Waals surface area contributed by atoms with Crippen LogP contribution < -0.4 is 4.90 Å². The molecule has 12 rings (SSSR count). The van der Waals surface area contributed by atoms with E-state index in [4.69, 9.17) is 4.42 Å². The van der Waals surface area contributed by atoms with Gasteiger partial charge in [-0.25, -0.2) is 0 Å². The number of nitrogens with zero attached hydrogens (tertiary/aromatic N) is 2. The largest absolute Gasteiger partial charge is 0.456 e. The average molecular weight is 805 g/mol. The van der Waals surface area contributed by atoms with Crippen molar-refractivity contribution in [3.05, 3.63) is 243 Å². The van der Waals surface area contributed by atoms with Crippen molar-refractivity contribution in [2.45, 2.75) is 0 Å². The zero-order valence-electron chi connectivity index (χ0n) is 34.4. The fraction of sp³-hybridized carbons (Fsp3) is 0. The summed E-state index contributed by atoms with van der Waals surface area (Å²) in [6.45, 7) is 0. The minimum Gasteiger partial charge on any atom is -0.456 e. The van der Waals surface area contributed by atoms with E-state index in [9.17, 15) is 0 Å². The summed E-state index contributed by atoms with van der Waals surface area (Å²) >= 11 is 0. The lowest BCUT2D eigenvalue weighted by Gasteiger charge is -2.30. The second-order valence-electron chi connectivity index (χ2n) is 16.1. The molecule has 0 bridgehead atoms. The Hall–Kier alpha value is -8.40. The first-order valence-electron chi connectivity index (χ1n) is 21.5. The van der Waals surface area contributed by atoms with Crippen LogP contribution in [0, 0.1) is 0 Å². The van der Waals surface area contributed by atoms with Crippen LogP contribution in [0.15, 0.2) is 247 Å². The van der Waals surface area contributed by atoms with Gasteiger partial charge in [0.1, 0.15) is 11.2 Å². The lowest BCUT2D eigenvalue weighted by Crippen LogP contribution is -2.12. The van der Waals surface area contributed by atoms with Crippen LogP contribution in [0.1, 0.15) is 0 Å². The Kier molecular flexibility index (Phi) is 8.83. The second kappa shape index (κ2) is 15.3. The summed E-state index contributed by atoms with van der Waals surface area (Å²) < 4.78 is 8.76. The van der Waals surface area contributed by atoms with Crippen LogP contribution >= 0.6 is 0 Å². The van der Waals surface area contributed by atoms with Crippen LogP contribution in [0.3, 0.4) is 0 Å². The number of para-hydroxylation sites is 3. The van der Waals surface area contributed by atoms with E-state index in [-0.39, 0.29) is 0 Å². The quantitative estimate of drug-likeness (QED) is 0.153. The van der Waals surface area contributed by atoms with Crippen LogP contribution in [0.2, 0.25) is 0 Å². The van der Waals surface area contributed by atoms with Gasteiger partial charge >= 0.3 is 0 Å². The highest BCUT2D eigenvalue weighted by molar-refractivity contribution is 6.11. The van der Waals surface area contributed by atoms with E-state index in [0.717, 1.165) is 78.1 Å². The van der Waals surface area contributed by atoms with E-state index in [0.29, 0.717) is 0 Å². The smallest absolute Gasteiger partial charge is 0.135 e. The van der Waals surface area contributed by atoms with Gasteiger partial charge in [0.2, 0.25) is 0 Å². The summed E-state index contributed by atoms with van der Waals surface area (Å²) in [4.78, 5) is 2.44. The highest BCUT2D eigenvalue weighted by Crippen LogP contribution is 2.49. The zero-order chi connectivity index (χ0) is 41.7. The summed E-state index contributed by atoms with van der Waals surface area (Å²) in [5.41, 5.74) is 17.7. The van der Waals surface area contributed by atoms with E-state index in [1.165, 1.54) is 32.9 Å². The van der Waals surface area contributed by atoms with Crippen LogP contribution in [0.25, 0.3) is 93.9 Å². The summed E-state index contributed by atoms with van der Waals surface area (Å²) in [6, 6.07) is 87.3. The van der Waals surface area contributed by atoms with Crippen molar-refractivity contribution in [1.29, 1.82) is 0 Å². The fourth-order valence-electron chi connectivity index (χ4n) is 9.55. The molecule has 2 heterocycles. The third-order valence-corrected chi connectivity index (χ3v) is 12.4. The minimum atomic E-state index is 0.865. The van der Waals surface area contributed by atoms with Crippen molar-refractivity contribution in [2.75, 3.05) is 4.90 Å². The number of hydrogen-bond acceptors (Lipinski definition) is 2. The fourth-order valence-corrected chi connectivity index (χ4v) is 9.55. The van der Waals surface area contributed by atoms with E-state index in [1.54, 1.807) is 0 Å². The molecule has 10 aromatic carbocycles. The van der Waals surface area contributed by atoms with E-state index >= 15 is 0 Å². The van der Waals surface area contributed by atoms with Crippen molar-refractivity contribution in [1.82, 2.24) is 4.57 Å². The molecule has 0 saturated carbocycles. The Morgan fingerprint density at radius 3 is 1.70 bits per heavy atom. The Balaban J connectivity index is 1.11. The molecule has 0 spiro atoms. The topological polar surface area (TPSA) is 21.3 Å². The molecule has 0 aliphatic heterocycles. The zero-order valence-corrected chi connectivity index (χ0v) is 34.4. The van der Waals surface area contributed by atoms with Gasteiger partial charge in [-0.1, -0.05) is 170 Å². The Morgan fingerprint density at radius 2 is 0.889 bits per heavy atom. The first-order valence-corrected chi connectivity index (χ1v) is 21.5. The predicted molar refractivity (Wildman–Crippen MR) is 264 cm³/mol. The Morgan fingerprint density at radius 1 is 0.317 bits per heavy atom. The molecule has 0 atom stereocenters. The van der Waals surface area contributed by atoms with Crippen LogP contribution in [-0.2, 0) is 0 Å². The lowest BCUT2D eigenvalue weighted by atomic mass is 9.87. The molecular weight excluding hydrogens is 765 g/mol. The summed E-state index contributed by atoms with van der Waals surface area (Å²) in [6.07, 6.45) is 0. The molecule has 0 aliphatic carbocycles. The van der Waals surface area contributed by atoms with Crippen LogP contribution in [0.5, 0.6) is 0 Å². The molecular formula is C60H40N2O. The SMILES string of the molecule is c1ccc(-c2ccccc2-c2c(-c3ccccc3)cccc2N(c2cccc(-c3ccc4c(c3)c3ccccc3n4-c3ccccc3)c2)c2ccc3oc4ccccc4c3c2)cc1. The standard InChI is InChI=1S/C60H40N2O/c1-4-18-41(19-5-1)48-26-10-11-29-52(48)60-49(42-20-6-2-7-21-42)30-17-32-57(60)61(47-35-37-59-54(40-47)51-28-13-15-33-58(51)63-59)46-25-16-22-43(38-46)44-34-36-56-53(39-44)50-27-12-14-31-55(50)62(56)45-23-8-3-9-24-45/h1-40H. The summed E-state index contributed by atoms with van der Waals surface area (Å²) in [7, 11) is 0. The number of anilines is 3. The number of furan rings is 1. The normalized spacial score (nSPS) is 11.5. The van der Waals surface area contributed by atoms with Crippen molar-refractivity contribution < 1.29 is 4.42 Å². The number of benzene rings is 10. The maximum absolute atomic E-state index is 6.39.